The van der Waals surface area contributed by atoms with Gasteiger partial charge in [-0.15, -0.1) is 0 Å². The average molecular weight is 236 g/mol. The van der Waals surface area contributed by atoms with Gasteiger partial charge in [-0.1, -0.05) is 19.1 Å². The molecule has 0 saturated carbocycles. The van der Waals surface area contributed by atoms with Crippen LogP contribution in [0.1, 0.15) is 48.7 Å². The predicted octanol–water partition coefficient (Wildman–Crippen LogP) is 2.79. The van der Waals surface area contributed by atoms with E-state index in [-0.39, 0.29) is 17.6 Å². The van der Waals surface area contributed by atoms with Gasteiger partial charge in [0.1, 0.15) is 6.10 Å². The second-order valence-corrected chi connectivity index (χ2v) is 3.81. The lowest BCUT2D eigenvalue weighted by Crippen LogP contribution is -2.08. The third-order valence-electron chi connectivity index (χ3n) is 2.39. The molecule has 1 unspecified atom stereocenters. The molecule has 17 heavy (non-hydrogen) atoms. The third kappa shape index (κ3) is 3.90. The lowest BCUT2D eigenvalue weighted by Gasteiger charge is -2.13. The number of aromatic carboxylic acids is 1. The maximum Gasteiger partial charge on any atom is 0.335 e. The SMILES string of the molecule is CCCC(=O)OC(C)c1ccc(C(=O)O)cc1. The van der Waals surface area contributed by atoms with Crippen molar-refractivity contribution >= 4 is 11.9 Å². The number of carboxylic acid groups (broad SMARTS) is 1. The maximum atomic E-state index is 11.3. The van der Waals surface area contributed by atoms with E-state index < -0.39 is 5.97 Å². The molecule has 92 valence electrons. The number of benzene rings is 1. The van der Waals surface area contributed by atoms with Gasteiger partial charge >= 0.3 is 11.9 Å². The fraction of sp³-hybridized carbons (Fsp3) is 0.385. The number of carbonyl (C=O) groups is 2. The summed E-state index contributed by atoms with van der Waals surface area (Å²) in [6.45, 7) is 3.68. The lowest BCUT2D eigenvalue weighted by molar-refractivity contribution is -0.148. The van der Waals surface area contributed by atoms with Crippen LogP contribution in [0.25, 0.3) is 0 Å². The van der Waals surface area contributed by atoms with E-state index in [1.54, 1.807) is 19.1 Å². The quantitative estimate of drug-likeness (QED) is 0.798. The van der Waals surface area contributed by atoms with Crippen LogP contribution in [0.2, 0.25) is 0 Å². The smallest absolute Gasteiger partial charge is 0.335 e. The molecular weight excluding hydrogens is 220 g/mol. The Morgan fingerprint density at radius 1 is 1.29 bits per heavy atom. The van der Waals surface area contributed by atoms with Crippen molar-refractivity contribution in [3.05, 3.63) is 35.4 Å². The number of hydrogen-bond donors (Lipinski definition) is 1. The van der Waals surface area contributed by atoms with Crippen molar-refractivity contribution in [2.75, 3.05) is 0 Å². The van der Waals surface area contributed by atoms with Crippen molar-refractivity contribution in [2.45, 2.75) is 32.8 Å². The molecule has 0 aliphatic carbocycles. The van der Waals surface area contributed by atoms with Crippen LogP contribution in [0.4, 0.5) is 0 Å². The minimum Gasteiger partial charge on any atom is -0.478 e. The topological polar surface area (TPSA) is 63.6 Å². The zero-order valence-corrected chi connectivity index (χ0v) is 9.97. The Kier molecular flexibility index (Phi) is 4.69. The molecule has 0 saturated heterocycles. The van der Waals surface area contributed by atoms with E-state index in [0.717, 1.165) is 12.0 Å². The summed E-state index contributed by atoms with van der Waals surface area (Å²) in [6, 6.07) is 6.32. The van der Waals surface area contributed by atoms with Crippen molar-refractivity contribution in [3.63, 3.8) is 0 Å². The molecule has 0 aliphatic rings. The molecule has 0 aromatic heterocycles. The molecule has 1 atom stereocenters. The first-order valence-corrected chi connectivity index (χ1v) is 5.57. The van der Waals surface area contributed by atoms with Crippen molar-refractivity contribution in [3.8, 4) is 0 Å². The summed E-state index contributed by atoms with van der Waals surface area (Å²) in [5.74, 6) is -1.20. The lowest BCUT2D eigenvalue weighted by atomic mass is 10.1. The van der Waals surface area contributed by atoms with Gasteiger partial charge in [0, 0.05) is 6.42 Å². The first-order chi connectivity index (χ1) is 8.04. The molecule has 1 aromatic carbocycles. The zero-order valence-electron chi connectivity index (χ0n) is 9.97. The molecular formula is C13H16O4. The summed E-state index contributed by atoms with van der Waals surface area (Å²) in [5.41, 5.74) is 1.01. The van der Waals surface area contributed by atoms with Gasteiger partial charge in [0.05, 0.1) is 5.56 Å². The Morgan fingerprint density at radius 2 is 1.88 bits per heavy atom. The van der Waals surface area contributed by atoms with Crippen LogP contribution in [-0.2, 0) is 9.53 Å². The molecule has 0 amide bonds. The van der Waals surface area contributed by atoms with Gasteiger partial charge in [-0.25, -0.2) is 4.79 Å². The van der Waals surface area contributed by atoms with Crippen LogP contribution < -0.4 is 0 Å². The number of rotatable bonds is 5. The van der Waals surface area contributed by atoms with E-state index in [1.165, 1.54) is 12.1 Å². The van der Waals surface area contributed by atoms with Crippen LogP contribution in [0.5, 0.6) is 0 Å². The zero-order chi connectivity index (χ0) is 12.8. The highest BCUT2D eigenvalue weighted by Crippen LogP contribution is 2.18. The summed E-state index contributed by atoms with van der Waals surface area (Å²) in [7, 11) is 0. The Labute approximate surface area is 100 Å². The van der Waals surface area contributed by atoms with Crippen LogP contribution >= 0.6 is 0 Å². The molecule has 0 bridgehead atoms. The monoisotopic (exact) mass is 236 g/mol. The highest BCUT2D eigenvalue weighted by Gasteiger charge is 2.11. The molecule has 1 N–H and O–H groups in total. The molecule has 0 aliphatic heterocycles. The second-order valence-electron chi connectivity index (χ2n) is 3.81. The molecule has 1 rings (SSSR count). The number of carbonyl (C=O) groups excluding carboxylic acids is 1. The predicted molar refractivity (Wildman–Crippen MR) is 62.8 cm³/mol. The summed E-state index contributed by atoms with van der Waals surface area (Å²) >= 11 is 0. The second kappa shape index (κ2) is 6.03. The average Bonchev–Trinajstić information content (AvgIpc) is 2.29. The third-order valence-corrected chi connectivity index (χ3v) is 2.39. The number of hydrogen-bond acceptors (Lipinski definition) is 3. The van der Waals surface area contributed by atoms with Gasteiger partial charge in [-0.2, -0.15) is 0 Å². The summed E-state index contributed by atoms with van der Waals surface area (Å²) in [4.78, 5) is 21.9. The minimum absolute atomic E-state index is 0.223. The van der Waals surface area contributed by atoms with Crippen molar-refractivity contribution < 1.29 is 19.4 Å². The van der Waals surface area contributed by atoms with Crippen LogP contribution in [-0.4, -0.2) is 17.0 Å². The van der Waals surface area contributed by atoms with E-state index in [4.69, 9.17) is 9.84 Å². The Morgan fingerprint density at radius 3 is 2.35 bits per heavy atom. The van der Waals surface area contributed by atoms with E-state index in [0.29, 0.717) is 6.42 Å². The van der Waals surface area contributed by atoms with Gasteiger partial charge in [-0.3, -0.25) is 4.79 Å². The molecule has 0 heterocycles. The molecule has 4 heteroatoms. The summed E-state index contributed by atoms with van der Waals surface area (Å²) in [5, 5.41) is 8.74. The van der Waals surface area contributed by atoms with Gasteiger partial charge < -0.3 is 9.84 Å². The number of carboxylic acids is 1. The molecule has 0 radical (unpaired) electrons. The van der Waals surface area contributed by atoms with Crippen LogP contribution in [0, 0.1) is 0 Å². The standard InChI is InChI=1S/C13H16O4/c1-3-4-12(14)17-9(2)10-5-7-11(8-6-10)13(15)16/h5-9H,3-4H2,1-2H3,(H,15,16). The van der Waals surface area contributed by atoms with Gasteiger partial charge in [0.2, 0.25) is 0 Å². The van der Waals surface area contributed by atoms with E-state index in [2.05, 4.69) is 0 Å². The van der Waals surface area contributed by atoms with Gasteiger partial charge in [0.15, 0.2) is 0 Å². The Bertz CT molecular complexity index is 394. The Hall–Kier alpha value is -1.84. The van der Waals surface area contributed by atoms with Crippen molar-refractivity contribution in [1.29, 1.82) is 0 Å². The largest absolute Gasteiger partial charge is 0.478 e. The first kappa shape index (κ1) is 13.2. The fourth-order valence-electron chi connectivity index (χ4n) is 1.42. The van der Waals surface area contributed by atoms with Crippen LogP contribution in [0.3, 0.4) is 0 Å². The first-order valence-electron chi connectivity index (χ1n) is 5.57. The molecule has 4 nitrogen and oxygen atoms in total. The molecule has 0 fully saturated rings. The highest BCUT2D eigenvalue weighted by atomic mass is 16.5. The normalized spacial score (nSPS) is 11.9. The Balaban J connectivity index is 2.66. The fourth-order valence-corrected chi connectivity index (χ4v) is 1.42. The van der Waals surface area contributed by atoms with Crippen LogP contribution in [0.15, 0.2) is 24.3 Å². The van der Waals surface area contributed by atoms with E-state index >= 15 is 0 Å². The van der Waals surface area contributed by atoms with Gasteiger partial charge in [-0.05, 0) is 31.0 Å². The number of esters is 1. The summed E-state index contributed by atoms with van der Waals surface area (Å²) < 4.78 is 5.19. The number of ether oxygens (including phenoxy) is 1. The minimum atomic E-state index is -0.966. The van der Waals surface area contributed by atoms with E-state index in [9.17, 15) is 9.59 Å². The van der Waals surface area contributed by atoms with Crippen molar-refractivity contribution in [1.82, 2.24) is 0 Å². The maximum absolute atomic E-state index is 11.3. The summed E-state index contributed by atoms with van der Waals surface area (Å²) in [6.07, 6.45) is 0.804. The molecule has 1 aromatic rings. The van der Waals surface area contributed by atoms with Gasteiger partial charge in [0.25, 0.3) is 0 Å². The molecule has 0 spiro atoms. The van der Waals surface area contributed by atoms with Crippen molar-refractivity contribution in [2.24, 2.45) is 0 Å². The van der Waals surface area contributed by atoms with E-state index in [1.807, 2.05) is 6.92 Å². The highest BCUT2D eigenvalue weighted by molar-refractivity contribution is 5.87.